The van der Waals surface area contributed by atoms with Gasteiger partial charge in [0.25, 0.3) is 15.9 Å². The highest BCUT2D eigenvalue weighted by molar-refractivity contribution is 7.92. The van der Waals surface area contributed by atoms with Crippen molar-refractivity contribution >= 4 is 37.3 Å². The molecule has 1 aliphatic heterocycles. The summed E-state index contributed by atoms with van der Waals surface area (Å²) in [5, 5.41) is 2.68. The molecule has 0 saturated carbocycles. The number of amides is 1. The average molecular weight is 518 g/mol. The van der Waals surface area contributed by atoms with Gasteiger partial charge in [-0.25, -0.2) is 25.5 Å². The fourth-order valence-electron chi connectivity index (χ4n) is 3.67. The maximum Gasteiger partial charge on any atom is 0.261 e. The SMILES string of the molecule is O=C(Nc1ccc(S(=O)(=O)Nc2ccc(F)cc2)cc1)c1ccc(CS(=O)(=O)N2CCCC2)cc1. The Bertz CT molecular complexity index is 1400. The lowest BCUT2D eigenvalue weighted by Gasteiger charge is -2.15. The molecule has 1 saturated heterocycles. The molecule has 184 valence electrons. The summed E-state index contributed by atoms with van der Waals surface area (Å²) in [7, 11) is -7.26. The second-order valence-corrected chi connectivity index (χ2v) is 11.8. The third-order valence-electron chi connectivity index (χ3n) is 5.54. The van der Waals surface area contributed by atoms with E-state index in [2.05, 4.69) is 10.0 Å². The number of sulfonamides is 2. The van der Waals surface area contributed by atoms with Crippen LogP contribution in [0.15, 0.2) is 77.7 Å². The van der Waals surface area contributed by atoms with E-state index in [4.69, 9.17) is 0 Å². The quantitative estimate of drug-likeness (QED) is 0.472. The molecule has 8 nitrogen and oxygen atoms in total. The number of rotatable bonds is 8. The van der Waals surface area contributed by atoms with Crippen LogP contribution in [-0.4, -0.2) is 40.1 Å². The molecule has 1 aliphatic rings. The zero-order chi connectivity index (χ0) is 25.1. The Kier molecular flexibility index (Phi) is 7.20. The van der Waals surface area contributed by atoms with Crippen LogP contribution in [0, 0.1) is 5.82 Å². The monoisotopic (exact) mass is 517 g/mol. The summed E-state index contributed by atoms with van der Waals surface area (Å²) < 4.78 is 66.8. The van der Waals surface area contributed by atoms with Gasteiger partial charge in [0.05, 0.1) is 10.6 Å². The highest BCUT2D eigenvalue weighted by Gasteiger charge is 2.25. The molecular weight excluding hydrogens is 493 g/mol. The minimum absolute atomic E-state index is 0.0246. The summed E-state index contributed by atoms with van der Waals surface area (Å²) in [4.78, 5) is 12.5. The molecule has 2 N–H and O–H groups in total. The number of hydrogen-bond donors (Lipinski definition) is 2. The number of nitrogens with zero attached hydrogens (tertiary/aromatic N) is 1. The maximum atomic E-state index is 13.0. The van der Waals surface area contributed by atoms with Crippen LogP contribution in [0.25, 0.3) is 0 Å². The molecule has 0 bridgehead atoms. The number of hydrogen-bond acceptors (Lipinski definition) is 5. The van der Waals surface area contributed by atoms with E-state index in [0.717, 1.165) is 25.0 Å². The summed E-state index contributed by atoms with van der Waals surface area (Å²) in [6, 6.07) is 16.8. The molecule has 0 unspecified atom stereocenters. The van der Waals surface area contributed by atoms with Gasteiger partial charge < -0.3 is 5.32 Å². The van der Waals surface area contributed by atoms with Crippen molar-refractivity contribution in [3.8, 4) is 0 Å². The molecule has 0 aliphatic carbocycles. The molecule has 0 aromatic heterocycles. The first-order valence-corrected chi connectivity index (χ1v) is 14.0. The molecule has 4 rings (SSSR count). The highest BCUT2D eigenvalue weighted by atomic mass is 32.2. The molecule has 3 aromatic rings. The number of nitrogens with one attached hydrogen (secondary N) is 2. The van der Waals surface area contributed by atoms with E-state index in [1.54, 1.807) is 24.3 Å². The van der Waals surface area contributed by atoms with E-state index < -0.39 is 31.8 Å². The molecular formula is C24H24FN3O5S2. The van der Waals surface area contributed by atoms with Crippen molar-refractivity contribution in [2.75, 3.05) is 23.1 Å². The Morgan fingerprint density at radius 2 is 1.37 bits per heavy atom. The minimum atomic E-state index is -3.89. The topological polar surface area (TPSA) is 113 Å². The van der Waals surface area contributed by atoms with Gasteiger partial charge in [-0.15, -0.1) is 0 Å². The van der Waals surface area contributed by atoms with Gasteiger partial charge in [-0.3, -0.25) is 9.52 Å². The van der Waals surface area contributed by atoms with Crippen molar-refractivity contribution in [1.29, 1.82) is 0 Å². The predicted octanol–water partition coefficient (Wildman–Crippen LogP) is 3.80. The first kappa shape index (κ1) is 24.8. The van der Waals surface area contributed by atoms with Gasteiger partial charge in [-0.1, -0.05) is 12.1 Å². The van der Waals surface area contributed by atoms with Gasteiger partial charge in [0.15, 0.2) is 0 Å². The summed E-state index contributed by atoms with van der Waals surface area (Å²) in [6.45, 7) is 1.09. The lowest BCUT2D eigenvalue weighted by atomic mass is 10.1. The zero-order valence-electron chi connectivity index (χ0n) is 18.6. The second-order valence-electron chi connectivity index (χ2n) is 8.15. The molecule has 0 atom stereocenters. The Morgan fingerprint density at radius 1 is 0.800 bits per heavy atom. The van der Waals surface area contributed by atoms with Crippen LogP contribution in [0.4, 0.5) is 15.8 Å². The number of carbonyl (C=O) groups excluding carboxylic acids is 1. The van der Waals surface area contributed by atoms with Crippen LogP contribution in [0.3, 0.4) is 0 Å². The third kappa shape index (κ3) is 6.24. The van der Waals surface area contributed by atoms with Gasteiger partial charge in [-0.2, -0.15) is 0 Å². The van der Waals surface area contributed by atoms with Crippen molar-refractivity contribution < 1.29 is 26.0 Å². The maximum absolute atomic E-state index is 13.0. The van der Waals surface area contributed by atoms with Crippen molar-refractivity contribution in [2.45, 2.75) is 23.5 Å². The minimum Gasteiger partial charge on any atom is -0.322 e. The molecule has 11 heteroatoms. The standard InChI is InChI=1S/C24H24FN3O5S2/c25-20-7-9-22(10-8-20)27-35(32,33)23-13-11-21(12-14-23)26-24(29)19-5-3-18(4-6-19)17-34(30,31)28-15-1-2-16-28/h3-14,27H,1-2,15-17H2,(H,26,29). The Hall–Kier alpha value is -3.28. The fraction of sp³-hybridized carbons (Fsp3) is 0.208. The molecule has 3 aromatic carbocycles. The highest BCUT2D eigenvalue weighted by Crippen LogP contribution is 2.20. The van der Waals surface area contributed by atoms with E-state index in [0.29, 0.717) is 29.9 Å². The molecule has 1 amide bonds. The van der Waals surface area contributed by atoms with Crippen LogP contribution < -0.4 is 10.0 Å². The van der Waals surface area contributed by atoms with Crippen LogP contribution >= 0.6 is 0 Å². The van der Waals surface area contributed by atoms with Gasteiger partial charge >= 0.3 is 0 Å². The van der Waals surface area contributed by atoms with Gasteiger partial charge in [0, 0.05) is 30.0 Å². The Labute approximate surface area is 203 Å². The number of anilines is 2. The van der Waals surface area contributed by atoms with Crippen LogP contribution in [0.5, 0.6) is 0 Å². The molecule has 35 heavy (non-hydrogen) atoms. The Balaban J connectivity index is 1.37. The van der Waals surface area contributed by atoms with Crippen LogP contribution in [-0.2, 0) is 25.8 Å². The van der Waals surface area contributed by atoms with E-state index in [1.165, 1.54) is 40.7 Å². The lowest BCUT2D eigenvalue weighted by molar-refractivity contribution is 0.102. The first-order chi connectivity index (χ1) is 16.6. The number of benzene rings is 3. The predicted molar refractivity (Wildman–Crippen MR) is 131 cm³/mol. The summed E-state index contributed by atoms with van der Waals surface area (Å²) in [6.07, 6.45) is 1.74. The zero-order valence-corrected chi connectivity index (χ0v) is 20.3. The van der Waals surface area contributed by atoms with Crippen molar-refractivity contribution in [1.82, 2.24) is 4.31 Å². The van der Waals surface area contributed by atoms with E-state index in [1.807, 2.05) is 0 Å². The van der Waals surface area contributed by atoms with Crippen LogP contribution in [0.2, 0.25) is 0 Å². The largest absolute Gasteiger partial charge is 0.322 e. The molecule has 1 fully saturated rings. The molecule has 1 heterocycles. The van der Waals surface area contributed by atoms with E-state index in [-0.39, 0.29) is 16.3 Å². The normalized spacial score (nSPS) is 14.5. The first-order valence-electron chi connectivity index (χ1n) is 10.9. The van der Waals surface area contributed by atoms with Crippen molar-refractivity contribution in [3.63, 3.8) is 0 Å². The number of halogens is 1. The lowest BCUT2D eigenvalue weighted by Crippen LogP contribution is -2.29. The summed E-state index contributed by atoms with van der Waals surface area (Å²) in [5.74, 6) is -1.01. The van der Waals surface area contributed by atoms with Crippen molar-refractivity contribution in [3.05, 3.63) is 89.7 Å². The van der Waals surface area contributed by atoms with Gasteiger partial charge in [0.2, 0.25) is 10.0 Å². The van der Waals surface area contributed by atoms with Crippen LogP contribution in [0.1, 0.15) is 28.8 Å². The van der Waals surface area contributed by atoms with E-state index in [9.17, 15) is 26.0 Å². The van der Waals surface area contributed by atoms with Gasteiger partial charge in [-0.05, 0) is 79.1 Å². The fourth-order valence-corrected chi connectivity index (χ4v) is 6.34. The van der Waals surface area contributed by atoms with Gasteiger partial charge in [0.1, 0.15) is 5.82 Å². The van der Waals surface area contributed by atoms with Crippen molar-refractivity contribution in [2.24, 2.45) is 0 Å². The third-order valence-corrected chi connectivity index (χ3v) is 8.79. The summed E-state index contributed by atoms with van der Waals surface area (Å²) >= 11 is 0. The average Bonchev–Trinajstić information content (AvgIpc) is 3.37. The summed E-state index contributed by atoms with van der Waals surface area (Å²) in [5.41, 5.74) is 1.54. The second kappa shape index (κ2) is 10.1. The Morgan fingerprint density at radius 3 is 1.97 bits per heavy atom. The molecule has 0 radical (unpaired) electrons. The molecule has 0 spiro atoms. The smallest absolute Gasteiger partial charge is 0.261 e. The number of carbonyl (C=O) groups is 1. The van der Waals surface area contributed by atoms with E-state index >= 15 is 0 Å².